The average molecular weight is 388 g/mol. The van der Waals surface area contributed by atoms with E-state index in [-0.39, 0.29) is 17.6 Å². The maximum Gasteiger partial charge on any atom is 0.341 e. The normalized spacial score (nSPS) is 15.4. The summed E-state index contributed by atoms with van der Waals surface area (Å²) in [4.78, 5) is 26.3. The first-order valence-electron chi connectivity index (χ1n) is 9.38. The fourth-order valence-corrected chi connectivity index (χ4v) is 3.44. The number of carbonyl (C=O) groups is 2. The third-order valence-corrected chi connectivity index (χ3v) is 5.09. The molecule has 1 fully saturated rings. The van der Waals surface area contributed by atoms with Crippen molar-refractivity contribution in [2.45, 2.75) is 32.9 Å². The molecule has 28 heavy (non-hydrogen) atoms. The molecule has 1 amide bonds. The molecule has 1 aromatic carbocycles. The molecule has 150 valence electrons. The zero-order valence-corrected chi connectivity index (χ0v) is 16.2. The number of nitrogens with one attached hydrogen (secondary N) is 1. The van der Waals surface area contributed by atoms with Gasteiger partial charge < -0.3 is 14.5 Å². The second kappa shape index (κ2) is 9.01. The molecule has 2 heterocycles. The number of ether oxygens (including phenoxy) is 1. The average Bonchev–Trinajstić information content (AvgIpc) is 3.07. The Hall–Kier alpha value is -2.67. The second-order valence-corrected chi connectivity index (χ2v) is 7.07. The molecule has 0 bridgehead atoms. The highest BCUT2D eigenvalue weighted by Gasteiger charge is 2.26. The molecule has 0 atom stereocenters. The molecule has 6 nitrogen and oxygen atoms in total. The maximum atomic E-state index is 12.9. The van der Waals surface area contributed by atoms with E-state index in [1.807, 2.05) is 0 Å². The molecular formula is C21H25FN2O4. The molecule has 1 saturated heterocycles. The van der Waals surface area contributed by atoms with Gasteiger partial charge in [-0.05, 0) is 56.6 Å². The third-order valence-electron chi connectivity index (χ3n) is 5.09. The van der Waals surface area contributed by atoms with Gasteiger partial charge in [-0.1, -0.05) is 12.1 Å². The Morgan fingerprint density at radius 1 is 1.25 bits per heavy atom. The molecule has 0 saturated carbocycles. The number of aryl methyl sites for hydroxylation is 1. The number of carbonyl (C=O) groups excluding carboxylic acids is 2. The first-order valence-corrected chi connectivity index (χ1v) is 9.38. The maximum absolute atomic E-state index is 12.9. The van der Waals surface area contributed by atoms with Crippen LogP contribution in [0.5, 0.6) is 0 Å². The van der Waals surface area contributed by atoms with Crippen molar-refractivity contribution in [1.82, 2.24) is 10.2 Å². The van der Waals surface area contributed by atoms with Gasteiger partial charge in [0.05, 0.1) is 13.7 Å². The van der Waals surface area contributed by atoms with E-state index < -0.39 is 5.97 Å². The number of rotatable bonds is 6. The standard InChI is InChI=1S/C21H25FN2O4/c1-14-19(21(26)27-2)11-18(28-14)13-24-9-7-16(8-10-24)20(25)23-12-15-3-5-17(22)6-4-15/h3-6,11,16H,7-10,12-13H2,1-2H3,(H,23,25). The molecule has 7 heteroatoms. The van der Waals surface area contributed by atoms with Crippen LogP contribution in [0.2, 0.25) is 0 Å². The molecule has 3 rings (SSSR count). The van der Waals surface area contributed by atoms with Gasteiger partial charge in [-0.2, -0.15) is 0 Å². The van der Waals surface area contributed by atoms with Crippen molar-refractivity contribution in [3.63, 3.8) is 0 Å². The molecule has 1 aliphatic heterocycles. The Morgan fingerprint density at radius 3 is 2.57 bits per heavy atom. The highest BCUT2D eigenvalue weighted by Crippen LogP contribution is 2.22. The van der Waals surface area contributed by atoms with E-state index in [4.69, 9.17) is 9.15 Å². The van der Waals surface area contributed by atoms with Crippen molar-refractivity contribution >= 4 is 11.9 Å². The van der Waals surface area contributed by atoms with E-state index in [0.29, 0.717) is 24.4 Å². The van der Waals surface area contributed by atoms with Gasteiger partial charge in [0.1, 0.15) is 22.9 Å². The number of nitrogens with zero attached hydrogens (tertiary/aromatic N) is 1. The fraction of sp³-hybridized carbons (Fsp3) is 0.429. The Kier molecular flexibility index (Phi) is 6.46. The van der Waals surface area contributed by atoms with Crippen molar-refractivity contribution in [3.05, 3.63) is 58.8 Å². The van der Waals surface area contributed by atoms with Gasteiger partial charge in [0.25, 0.3) is 0 Å². The smallest absolute Gasteiger partial charge is 0.341 e. The van der Waals surface area contributed by atoms with Crippen LogP contribution < -0.4 is 5.32 Å². The monoisotopic (exact) mass is 388 g/mol. The van der Waals surface area contributed by atoms with Crippen LogP contribution in [0.15, 0.2) is 34.7 Å². The van der Waals surface area contributed by atoms with E-state index in [0.717, 1.165) is 37.3 Å². The van der Waals surface area contributed by atoms with Crippen LogP contribution >= 0.6 is 0 Å². The van der Waals surface area contributed by atoms with Crippen LogP contribution in [-0.4, -0.2) is 37.0 Å². The first-order chi connectivity index (χ1) is 13.5. The first kappa shape index (κ1) is 20.1. The summed E-state index contributed by atoms with van der Waals surface area (Å²) < 4.78 is 23.3. The van der Waals surface area contributed by atoms with E-state index in [2.05, 4.69) is 10.2 Å². The number of esters is 1. The molecule has 1 aromatic heterocycles. The van der Waals surface area contributed by atoms with Gasteiger partial charge in [-0.3, -0.25) is 9.69 Å². The van der Waals surface area contributed by atoms with Crippen LogP contribution in [-0.2, 0) is 22.6 Å². The quantitative estimate of drug-likeness (QED) is 0.770. The lowest BCUT2D eigenvalue weighted by Gasteiger charge is -2.30. The number of benzene rings is 1. The Morgan fingerprint density at radius 2 is 1.93 bits per heavy atom. The van der Waals surface area contributed by atoms with Gasteiger partial charge in [-0.15, -0.1) is 0 Å². The second-order valence-electron chi connectivity index (χ2n) is 7.07. The summed E-state index contributed by atoms with van der Waals surface area (Å²) in [6, 6.07) is 7.85. The van der Waals surface area contributed by atoms with Crippen molar-refractivity contribution in [2.24, 2.45) is 5.92 Å². The van der Waals surface area contributed by atoms with Crippen molar-refractivity contribution in [3.8, 4) is 0 Å². The lowest BCUT2D eigenvalue weighted by molar-refractivity contribution is -0.126. The minimum atomic E-state index is -0.399. The minimum absolute atomic E-state index is 0.0272. The summed E-state index contributed by atoms with van der Waals surface area (Å²) in [5.74, 6) is 0.595. The number of furan rings is 1. The van der Waals surface area contributed by atoms with Gasteiger partial charge >= 0.3 is 5.97 Å². The number of likely N-dealkylation sites (tertiary alicyclic amines) is 1. The van der Waals surface area contributed by atoms with Gasteiger partial charge in [-0.25, -0.2) is 9.18 Å². The SMILES string of the molecule is COC(=O)c1cc(CN2CCC(C(=O)NCc3ccc(F)cc3)CC2)oc1C. The third kappa shape index (κ3) is 4.98. The van der Waals surface area contributed by atoms with Crippen molar-refractivity contribution in [1.29, 1.82) is 0 Å². The van der Waals surface area contributed by atoms with Crippen LogP contribution in [0.4, 0.5) is 4.39 Å². The Bertz CT molecular complexity index is 823. The van der Waals surface area contributed by atoms with Gasteiger partial charge in [0.15, 0.2) is 0 Å². The van der Waals surface area contributed by atoms with Gasteiger partial charge in [0.2, 0.25) is 5.91 Å². The highest BCUT2D eigenvalue weighted by atomic mass is 19.1. The lowest BCUT2D eigenvalue weighted by atomic mass is 9.95. The van der Waals surface area contributed by atoms with Crippen molar-refractivity contribution in [2.75, 3.05) is 20.2 Å². The largest absolute Gasteiger partial charge is 0.465 e. The molecule has 1 N–H and O–H groups in total. The Balaban J connectivity index is 1.45. The molecule has 0 radical (unpaired) electrons. The van der Waals surface area contributed by atoms with E-state index in [9.17, 15) is 14.0 Å². The van der Waals surface area contributed by atoms with E-state index in [1.165, 1.54) is 19.2 Å². The molecule has 1 aliphatic rings. The molecule has 0 spiro atoms. The van der Waals surface area contributed by atoms with Gasteiger partial charge in [0, 0.05) is 12.5 Å². The van der Waals surface area contributed by atoms with E-state index >= 15 is 0 Å². The summed E-state index contributed by atoms with van der Waals surface area (Å²) >= 11 is 0. The number of methoxy groups -OCH3 is 1. The molecular weight excluding hydrogens is 363 g/mol. The van der Waals surface area contributed by atoms with Crippen molar-refractivity contribution < 1.29 is 23.1 Å². The molecule has 0 unspecified atom stereocenters. The summed E-state index contributed by atoms with van der Waals surface area (Å²) in [5, 5.41) is 2.93. The number of amides is 1. The van der Waals surface area contributed by atoms with Crippen LogP contribution in [0.25, 0.3) is 0 Å². The zero-order chi connectivity index (χ0) is 20.1. The Labute approximate surface area is 163 Å². The zero-order valence-electron chi connectivity index (χ0n) is 16.2. The van der Waals surface area contributed by atoms with Crippen LogP contribution in [0, 0.1) is 18.7 Å². The fourth-order valence-electron chi connectivity index (χ4n) is 3.44. The number of hydrogen-bond donors (Lipinski definition) is 1. The predicted molar refractivity (Wildman–Crippen MR) is 101 cm³/mol. The summed E-state index contributed by atoms with van der Waals surface area (Å²) in [5.41, 5.74) is 1.33. The number of piperidine rings is 1. The summed E-state index contributed by atoms with van der Waals surface area (Å²) in [6.45, 7) is 4.31. The molecule has 2 aromatic rings. The summed E-state index contributed by atoms with van der Waals surface area (Å²) in [6.07, 6.45) is 1.53. The van der Waals surface area contributed by atoms with E-state index in [1.54, 1.807) is 25.1 Å². The minimum Gasteiger partial charge on any atom is -0.465 e. The highest BCUT2D eigenvalue weighted by molar-refractivity contribution is 5.90. The predicted octanol–water partition coefficient (Wildman–Crippen LogP) is 3.04. The molecule has 0 aliphatic carbocycles. The van der Waals surface area contributed by atoms with Crippen LogP contribution in [0.3, 0.4) is 0 Å². The number of halogens is 1. The topological polar surface area (TPSA) is 71.8 Å². The lowest BCUT2D eigenvalue weighted by Crippen LogP contribution is -2.40. The van der Waals surface area contributed by atoms with Crippen LogP contribution in [0.1, 0.15) is 40.3 Å². The number of hydrogen-bond acceptors (Lipinski definition) is 5. The summed E-state index contributed by atoms with van der Waals surface area (Å²) in [7, 11) is 1.35.